The molecule has 1 aliphatic carbocycles. The monoisotopic (exact) mass is 230 g/mol. The summed E-state index contributed by atoms with van der Waals surface area (Å²) in [6.07, 6.45) is 4.64. The zero-order chi connectivity index (χ0) is 12.0. The Balaban J connectivity index is 2.12. The molecule has 0 aromatic heterocycles. The minimum Gasteiger partial charge on any atom is -0.479 e. The number of rotatable bonds is 5. The molecule has 6 nitrogen and oxygen atoms in total. The van der Waals surface area contributed by atoms with E-state index in [0.29, 0.717) is 6.54 Å². The second kappa shape index (κ2) is 5.69. The summed E-state index contributed by atoms with van der Waals surface area (Å²) in [5.74, 6) is -1.12. The van der Waals surface area contributed by atoms with Gasteiger partial charge in [0.25, 0.3) is 0 Å². The molecule has 0 saturated heterocycles. The number of carbonyl (C=O) groups is 2. The fraction of sp³-hybridized carbons (Fsp3) is 0.800. The molecule has 0 radical (unpaired) electrons. The predicted molar refractivity (Wildman–Crippen MR) is 56.7 cm³/mol. The molecule has 3 N–H and O–H groups in total. The van der Waals surface area contributed by atoms with Crippen molar-refractivity contribution >= 4 is 12.0 Å². The van der Waals surface area contributed by atoms with Gasteiger partial charge in [0.15, 0.2) is 6.61 Å². The maximum Gasteiger partial charge on any atom is 0.338 e. The van der Waals surface area contributed by atoms with E-state index in [0.717, 1.165) is 12.8 Å². The lowest BCUT2D eigenvalue weighted by atomic mass is 9.89. The summed E-state index contributed by atoms with van der Waals surface area (Å²) in [4.78, 5) is 25.7. The van der Waals surface area contributed by atoms with Crippen LogP contribution < -0.4 is 10.8 Å². The largest absolute Gasteiger partial charge is 0.479 e. The minimum absolute atomic E-state index is 0.171. The van der Waals surface area contributed by atoms with Gasteiger partial charge in [0.2, 0.25) is 0 Å². The Labute approximate surface area is 94.3 Å². The van der Waals surface area contributed by atoms with Crippen molar-refractivity contribution in [1.82, 2.24) is 10.8 Å². The highest BCUT2D eigenvalue weighted by Gasteiger charge is 2.28. The van der Waals surface area contributed by atoms with Crippen molar-refractivity contribution in [2.45, 2.75) is 32.6 Å². The van der Waals surface area contributed by atoms with Gasteiger partial charge in [0.05, 0.1) is 0 Å². The first kappa shape index (κ1) is 12.8. The lowest BCUT2D eigenvalue weighted by Gasteiger charge is -2.23. The highest BCUT2D eigenvalue weighted by molar-refractivity contribution is 5.73. The molecule has 2 amide bonds. The van der Waals surface area contributed by atoms with E-state index in [1.807, 2.05) is 5.48 Å². The van der Waals surface area contributed by atoms with Crippen LogP contribution in [0.1, 0.15) is 32.6 Å². The Bertz CT molecular complexity index is 262. The molecule has 16 heavy (non-hydrogen) atoms. The molecule has 1 aliphatic rings. The summed E-state index contributed by atoms with van der Waals surface area (Å²) in [5, 5.41) is 10.9. The van der Waals surface area contributed by atoms with Crippen LogP contribution in [0.2, 0.25) is 0 Å². The minimum atomic E-state index is -1.12. The van der Waals surface area contributed by atoms with Gasteiger partial charge in [0, 0.05) is 6.54 Å². The number of carboxylic acids is 1. The van der Waals surface area contributed by atoms with Gasteiger partial charge in [-0.1, -0.05) is 19.8 Å². The van der Waals surface area contributed by atoms with E-state index in [2.05, 4.69) is 17.1 Å². The van der Waals surface area contributed by atoms with Crippen molar-refractivity contribution < 1.29 is 19.5 Å². The molecule has 1 rings (SSSR count). The average Bonchev–Trinajstić information content (AvgIpc) is 2.62. The van der Waals surface area contributed by atoms with Crippen molar-refractivity contribution in [2.75, 3.05) is 13.2 Å². The van der Waals surface area contributed by atoms with Gasteiger partial charge >= 0.3 is 12.0 Å². The number of carboxylic acid groups (broad SMARTS) is 1. The van der Waals surface area contributed by atoms with Gasteiger partial charge in [-0.05, 0) is 18.3 Å². The molecule has 6 heteroatoms. The van der Waals surface area contributed by atoms with Gasteiger partial charge in [-0.15, -0.1) is 0 Å². The summed E-state index contributed by atoms with van der Waals surface area (Å²) in [6, 6.07) is -0.491. The van der Waals surface area contributed by atoms with Gasteiger partial charge in [-0.2, -0.15) is 0 Å². The normalized spacial score (nSPS) is 18.1. The molecular formula is C10H18N2O4. The first-order valence-corrected chi connectivity index (χ1v) is 5.39. The summed E-state index contributed by atoms with van der Waals surface area (Å²) in [6.45, 7) is 2.19. The Morgan fingerprint density at radius 2 is 2.00 bits per heavy atom. The average molecular weight is 230 g/mol. The molecule has 1 fully saturated rings. The zero-order valence-electron chi connectivity index (χ0n) is 9.41. The molecule has 0 unspecified atom stereocenters. The Morgan fingerprint density at radius 1 is 1.38 bits per heavy atom. The third-order valence-corrected chi connectivity index (χ3v) is 2.85. The zero-order valence-corrected chi connectivity index (χ0v) is 9.41. The van der Waals surface area contributed by atoms with Crippen molar-refractivity contribution in [2.24, 2.45) is 5.41 Å². The van der Waals surface area contributed by atoms with Crippen LogP contribution in [0.25, 0.3) is 0 Å². The molecule has 1 saturated carbocycles. The van der Waals surface area contributed by atoms with E-state index in [4.69, 9.17) is 5.11 Å². The summed E-state index contributed by atoms with van der Waals surface area (Å²) in [5.41, 5.74) is 2.20. The number of amides is 2. The summed E-state index contributed by atoms with van der Waals surface area (Å²) >= 11 is 0. The smallest absolute Gasteiger partial charge is 0.338 e. The van der Waals surface area contributed by atoms with Gasteiger partial charge in [0.1, 0.15) is 0 Å². The van der Waals surface area contributed by atoms with Crippen LogP contribution in [0.5, 0.6) is 0 Å². The molecule has 0 aromatic rings. The number of nitrogens with one attached hydrogen (secondary N) is 2. The lowest BCUT2D eigenvalue weighted by molar-refractivity contribution is -0.144. The van der Waals surface area contributed by atoms with E-state index in [1.165, 1.54) is 12.8 Å². The van der Waals surface area contributed by atoms with Gasteiger partial charge in [-0.25, -0.2) is 15.1 Å². The maximum atomic E-state index is 11.2. The van der Waals surface area contributed by atoms with E-state index < -0.39 is 18.6 Å². The highest BCUT2D eigenvalue weighted by atomic mass is 16.7. The number of urea groups is 1. The molecule has 0 spiro atoms. The Morgan fingerprint density at radius 3 is 2.56 bits per heavy atom. The number of carbonyl (C=O) groups excluding carboxylic acids is 1. The van der Waals surface area contributed by atoms with E-state index in [-0.39, 0.29) is 5.41 Å². The second-order valence-electron chi connectivity index (χ2n) is 4.48. The topological polar surface area (TPSA) is 87.7 Å². The molecule has 0 aromatic carbocycles. The molecule has 0 atom stereocenters. The molecule has 0 heterocycles. The Kier molecular flexibility index (Phi) is 4.54. The summed E-state index contributed by atoms with van der Waals surface area (Å²) < 4.78 is 0. The number of hydrogen-bond acceptors (Lipinski definition) is 3. The van der Waals surface area contributed by atoms with Crippen LogP contribution in [-0.4, -0.2) is 30.3 Å². The van der Waals surface area contributed by atoms with Crippen molar-refractivity contribution in [3.63, 3.8) is 0 Å². The van der Waals surface area contributed by atoms with E-state index >= 15 is 0 Å². The second-order valence-corrected chi connectivity index (χ2v) is 4.48. The van der Waals surface area contributed by atoms with Crippen LogP contribution in [0, 0.1) is 5.41 Å². The summed E-state index contributed by atoms with van der Waals surface area (Å²) in [7, 11) is 0. The third kappa shape index (κ3) is 4.48. The van der Waals surface area contributed by atoms with E-state index in [9.17, 15) is 9.59 Å². The number of aliphatic carboxylic acids is 1. The van der Waals surface area contributed by atoms with Crippen LogP contribution in [0.3, 0.4) is 0 Å². The fourth-order valence-electron chi connectivity index (χ4n) is 1.90. The first-order valence-electron chi connectivity index (χ1n) is 5.39. The molecular weight excluding hydrogens is 212 g/mol. The van der Waals surface area contributed by atoms with Gasteiger partial charge in [-0.3, -0.25) is 4.84 Å². The van der Waals surface area contributed by atoms with Crippen LogP contribution in [-0.2, 0) is 9.63 Å². The SMILES string of the molecule is CC1(CNC(=O)NOCC(=O)O)CCCC1. The van der Waals surface area contributed by atoms with Crippen LogP contribution in [0.15, 0.2) is 0 Å². The van der Waals surface area contributed by atoms with E-state index in [1.54, 1.807) is 0 Å². The van der Waals surface area contributed by atoms with Crippen molar-refractivity contribution in [1.29, 1.82) is 0 Å². The quantitative estimate of drug-likeness (QED) is 0.612. The highest BCUT2D eigenvalue weighted by Crippen LogP contribution is 2.36. The Hall–Kier alpha value is -1.30. The number of hydrogen-bond donors (Lipinski definition) is 3. The molecule has 92 valence electrons. The number of hydroxylamine groups is 1. The lowest BCUT2D eigenvalue weighted by Crippen LogP contribution is -2.41. The van der Waals surface area contributed by atoms with Gasteiger partial charge < -0.3 is 10.4 Å². The standard InChI is InChI=1S/C10H18N2O4/c1-10(4-2-3-5-10)7-11-9(15)12-16-6-8(13)14/h2-7H2,1H3,(H,13,14)(H2,11,12,15). The van der Waals surface area contributed by atoms with Crippen molar-refractivity contribution in [3.05, 3.63) is 0 Å². The predicted octanol–water partition coefficient (Wildman–Crippen LogP) is 0.882. The van der Waals surface area contributed by atoms with Crippen molar-refractivity contribution in [3.8, 4) is 0 Å². The first-order chi connectivity index (χ1) is 7.52. The third-order valence-electron chi connectivity index (χ3n) is 2.85. The fourth-order valence-corrected chi connectivity index (χ4v) is 1.90. The van der Waals surface area contributed by atoms with Crippen LogP contribution in [0.4, 0.5) is 4.79 Å². The maximum absolute atomic E-state index is 11.2. The van der Waals surface area contributed by atoms with Crippen LogP contribution >= 0.6 is 0 Å². The molecule has 0 aliphatic heterocycles. The molecule has 0 bridgehead atoms.